The van der Waals surface area contributed by atoms with Gasteiger partial charge in [0.2, 0.25) is 0 Å². The molecule has 0 aliphatic heterocycles. The SMILES string of the molecule is C=CCCCCCN(C)C(=NCCc1nnc2ccccn12)NCC.I. The minimum atomic E-state index is 0. The third-order valence-corrected chi connectivity index (χ3v) is 4.08. The van der Waals surface area contributed by atoms with Crippen molar-refractivity contribution in [3.63, 3.8) is 0 Å². The number of unbranched alkanes of at least 4 members (excludes halogenated alkanes) is 3. The third kappa shape index (κ3) is 6.93. The standard InChI is InChI=1S/C19H30N6.HI/c1-4-6-7-8-10-15-24(3)19(20-5-2)21-14-13-18-23-22-17-12-9-11-16-25(17)18;/h4,9,11-12,16H,1,5-8,10,13-15H2,2-3H3,(H,20,21);1H. The molecule has 2 aromatic heterocycles. The first-order chi connectivity index (χ1) is 12.3. The summed E-state index contributed by atoms with van der Waals surface area (Å²) in [6.07, 6.45) is 9.46. The third-order valence-electron chi connectivity index (χ3n) is 4.08. The van der Waals surface area contributed by atoms with E-state index in [1.165, 1.54) is 19.3 Å². The van der Waals surface area contributed by atoms with Gasteiger partial charge in [0.15, 0.2) is 11.6 Å². The van der Waals surface area contributed by atoms with Crippen molar-refractivity contribution >= 4 is 35.6 Å². The molecular formula is C19H31IN6. The fourth-order valence-corrected chi connectivity index (χ4v) is 2.71. The normalized spacial score (nSPS) is 11.2. The molecule has 0 bridgehead atoms. The average Bonchev–Trinajstić information content (AvgIpc) is 3.04. The predicted molar refractivity (Wildman–Crippen MR) is 119 cm³/mol. The zero-order chi connectivity index (χ0) is 17.9. The van der Waals surface area contributed by atoms with E-state index in [9.17, 15) is 0 Å². The van der Waals surface area contributed by atoms with Crippen LogP contribution < -0.4 is 5.32 Å². The topological polar surface area (TPSA) is 57.8 Å². The number of aliphatic imine (C=N–C) groups is 1. The maximum absolute atomic E-state index is 4.74. The number of allylic oxidation sites excluding steroid dienone is 1. The summed E-state index contributed by atoms with van der Waals surface area (Å²) in [4.78, 5) is 6.95. The van der Waals surface area contributed by atoms with E-state index in [1.54, 1.807) is 0 Å². The van der Waals surface area contributed by atoms with Crippen LogP contribution in [-0.4, -0.2) is 52.1 Å². The molecular weight excluding hydrogens is 439 g/mol. The number of nitrogens with zero attached hydrogens (tertiary/aromatic N) is 5. The molecule has 0 atom stereocenters. The van der Waals surface area contributed by atoms with Gasteiger partial charge >= 0.3 is 0 Å². The number of halogens is 1. The van der Waals surface area contributed by atoms with Crippen LogP contribution in [-0.2, 0) is 6.42 Å². The summed E-state index contributed by atoms with van der Waals surface area (Å²) in [5.74, 6) is 1.90. The Morgan fingerprint density at radius 1 is 1.31 bits per heavy atom. The zero-order valence-electron chi connectivity index (χ0n) is 15.9. The van der Waals surface area contributed by atoms with Crippen LogP contribution in [0.25, 0.3) is 5.65 Å². The van der Waals surface area contributed by atoms with E-state index >= 15 is 0 Å². The Labute approximate surface area is 173 Å². The van der Waals surface area contributed by atoms with Crippen molar-refractivity contribution in [1.29, 1.82) is 0 Å². The van der Waals surface area contributed by atoms with Crippen molar-refractivity contribution in [2.24, 2.45) is 4.99 Å². The highest BCUT2D eigenvalue weighted by molar-refractivity contribution is 14.0. The van der Waals surface area contributed by atoms with E-state index in [4.69, 9.17) is 4.99 Å². The average molecular weight is 470 g/mol. The van der Waals surface area contributed by atoms with Crippen LogP contribution in [0.15, 0.2) is 42.0 Å². The fourth-order valence-electron chi connectivity index (χ4n) is 2.71. The molecule has 6 nitrogen and oxygen atoms in total. The molecule has 0 saturated heterocycles. The monoisotopic (exact) mass is 470 g/mol. The van der Waals surface area contributed by atoms with E-state index in [0.717, 1.165) is 43.4 Å². The molecule has 144 valence electrons. The molecule has 0 spiro atoms. The van der Waals surface area contributed by atoms with Crippen LogP contribution in [0.2, 0.25) is 0 Å². The van der Waals surface area contributed by atoms with E-state index in [0.29, 0.717) is 6.54 Å². The summed E-state index contributed by atoms with van der Waals surface area (Å²) in [5.41, 5.74) is 0.880. The number of hydrogen-bond donors (Lipinski definition) is 1. The van der Waals surface area contributed by atoms with E-state index in [1.807, 2.05) is 34.9 Å². The van der Waals surface area contributed by atoms with Gasteiger partial charge < -0.3 is 10.2 Å². The van der Waals surface area contributed by atoms with Gasteiger partial charge in [-0.25, -0.2) is 0 Å². The molecule has 2 heterocycles. The van der Waals surface area contributed by atoms with Crippen LogP contribution in [0.3, 0.4) is 0 Å². The van der Waals surface area contributed by atoms with Crippen molar-refractivity contribution in [3.8, 4) is 0 Å². The summed E-state index contributed by atoms with van der Waals surface area (Å²) < 4.78 is 2.02. The Kier molecular flexibility index (Phi) is 10.9. The molecule has 2 aromatic rings. The van der Waals surface area contributed by atoms with Crippen molar-refractivity contribution in [3.05, 3.63) is 42.9 Å². The molecule has 0 unspecified atom stereocenters. The number of guanidine groups is 1. The molecule has 1 N–H and O–H groups in total. The van der Waals surface area contributed by atoms with Crippen LogP contribution in [0.1, 0.15) is 38.4 Å². The molecule has 26 heavy (non-hydrogen) atoms. The molecule has 0 aliphatic carbocycles. The number of aromatic nitrogens is 3. The Balaban J connectivity index is 0.00000338. The lowest BCUT2D eigenvalue weighted by Crippen LogP contribution is -2.39. The fraction of sp³-hybridized carbons (Fsp3) is 0.526. The molecule has 2 rings (SSSR count). The highest BCUT2D eigenvalue weighted by Gasteiger charge is 2.07. The smallest absolute Gasteiger partial charge is 0.193 e. The molecule has 0 fully saturated rings. The van der Waals surface area contributed by atoms with Crippen molar-refractivity contribution in [1.82, 2.24) is 24.8 Å². The van der Waals surface area contributed by atoms with Gasteiger partial charge in [-0.05, 0) is 38.3 Å². The van der Waals surface area contributed by atoms with Crippen LogP contribution >= 0.6 is 24.0 Å². The second kappa shape index (κ2) is 12.7. The lowest BCUT2D eigenvalue weighted by atomic mass is 10.2. The molecule has 0 aliphatic rings. The van der Waals surface area contributed by atoms with Gasteiger partial charge in [-0.3, -0.25) is 9.39 Å². The first-order valence-corrected chi connectivity index (χ1v) is 9.15. The summed E-state index contributed by atoms with van der Waals surface area (Å²) in [7, 11) is 2.10. The summed E-state index contributed by atoms with van der Waals surface area (Å²) in [6, 6.07) is 5.93. The number of nitrogens with one attached hydrogen (secondary N) is 1. The highest BCUT2D eigenvalue weighted by atomic mass is 127. The van der Waals surface area contributed by atoms with Gasteiger partial charge in [0.25, 0.3) is 0 Å². The lowest BCUT2D eigenvalue weighted by Gasteiger charge is -2.22. The molecule has 0 amide bonds. The summed E-state index contributed by atoms with van der Waals surface area (Å²) in [6.45, 7) is 8.44. The minimum Gasteiger partial charge on any atom is -0.357 e. The molecule has 0 aromatic carbocycles. The second-order valence-electron chi connectivity index (χ2n) is 6.09. The van der Waals surface area contributed by atoms with Gasteiger partial charge in [-0.1, -0.05) is 18.6 Å². The van der Waals surface area contributed by atoms with Gasteiger partial charge in [0, 0.05) is 39.3 Å². The van der Waals surface area contributed by atoms with Crippen LogP contribution in [0, 0.1) is 0 Å². The quantitative estimate of drug-likeness (QED) is 0.190. The highest BCUT2D eigenvalue weighted by Crippen LogP contribution is 2.04. The number of rotatable bonds is 10. The summed E-state index contributed by atoms with van der Waals surface area (Å²) in [5, 5.41) is 11.8. The van der Waals surface area contributed by atoms with E-state index < -0.39 is 0 Å². The Morgan fingerprint density at radius 2 is 2.15 bits per heavy atom. The number of pyridine rings is 1. The van der Waals surface area contributed by atoms with Crippen molar-refractivity contribution in [2.45, 2.75) is 39.0 Å². The molecule has 0 saturated carbocycles. The maximum atomic E-state index is 4.74. The Bertz CT molecular complexity index is 681. The van der Waals surface area contributed by atoms with Crippen molar-refractivity contribution in [2.75, 3.05) is 26.7 Å². The summed E-state index contributed by atoms with van der Waals surface area (Å²) >= 11 is 0. The van der Waals surface area contributed by atoms with Gasteiger partial charge in [0.05, 0.1) is 0 Å². The largest absolute Gasteiger partial charge is 0.357 e. The van der Waals surface area contributed by atoms with E-state index in [2.05, 4.69) is 41.0 Å². The Hall–Kier alpha value is -1.64. The Morgan fingerprint density at radius 3 is 2.92 bits per heavy atom. The first-order valence-electron chi connectivity index (χ1n) is 9.15. The first kappa shape index (κ1) is 22.4. The van der Waals surface area contributed by atoms with Crippen molar-refractivity contribution < 1.29 is 0 Å². The second-order valence-corrected chi connectivity index (χ2v) is 6.09. The predicted octanol–water partition coefficient (Wildman–Crippen LogP) is 3.53. The number of fused-ring (bicyclic) bond motifs is 1. The van der Waals surface area contributed by atoms with Gasteiger partial charge in [-0.2, -0.15) is 0 Å². The molecule has 7 heteroatoms. The van der Waals surface area contributed by atoms with Gasteiger partial charge in [-0.15, -0.1) is 40.8 Å². The number of hydrogen-bond acceptors (Lipinski definition) is 3. The zero-order valence-corrected chi connectivity index (χ0v) is 18.2. The molecule has 0 radical (unpaired) electrons. The minimum absolute atomic E-state index is 0. The lowest BCUT2D eigenvalue weighted by molar-refractivity contribution is 0.455. The van der Waals surface area contributed by atoms with Crippen LogP contribution in [0.5, 0.6) is 0 Å². The maximum Gasteiger partial charge on any atom is 0.193 e. The van der Waals surface area contributed by atoms with Gasteiger partial charge in [0.1, 0.15) is 5.82 Å². The van der Waals surface area contributed by atoms with E-state index in [-0.39, 0.29) is 24.0 Å². The van der Waals surface area contributed by atoms with Crippen LogP contribution in [0.4, 0.5) is 0 Å².